The molecule has 2 amide bonds. The van der Waals surface area contributed by atoms with Crippen molar-refractivity contribution in [1.29, 1.82) is 0 Å². The SMILES string of the molecule is COc1ccc(C(O[C@@H]2COC(n3cc(CCN4C(=O)c5ccccc5C4=O)c4ccccc43)[C@H](O)[C@@H]2OC(=O)c2ccccc2)(c2ccccc2)c2ccc(OC)cc2)cc1. The lowest BCUT2D eigenvalue weighted by Crippen LogP contribution is -2.56. The Labute approximate surface area is 358 Å². The van der Waals surface area contributed by atoms with Crippen molar-refractivity contribution in [3.05, 3.63) is 203 Å². The molecular formula is C51H44N2O9. The zero-order valence-electron chi connectivity index (χ0n) is 34.1. The summed E-state index contributed by atoms with van der Waals surface area (Å²) in [5.74, 6) is 0.0145. The molecule has 1 aromatic heterocycles. The molecule has 62 heavy (non-hydrogen) atoms. The highest BCUT2D eigenvalue weighted by Gasteiger charge is 2.49. The first-order valence-corrected chi connectivity index (χ1v) is 20.4. The van der Waals surface area contributed by atoms with Crippen LogP contribution in [0.15, 0.2) is 164 Å². The largest absolute Gasteiger partial charge is 0.497 e. The maximum atomic E-state index is 14.0. The third kappa shape index (κ3) is 7.30. The number of methoxy groups -OCH3 is 2. The Hall–Kier alpha value is -7.05. The highest BCUT2D eigenvalue weighted by molar-refractivity contribution is 6.21. The summed E-state index contributed by atoms with van der Waals surface area (Å²) in [5.41, 5.74) is 3.63. The normalized spacial score (nSPS) is 18.7. The van der Waals surface area contributed by atoms with E-state index in [-0.39, 0.29) is 25.0 Å². The molecule has 312 valence electrons. The highest BCUT2D eigenvalue weighted by atomic mass is 16.6. The third-order valence-electron chi connectivity index (χ3n) is 11.8. The number of hydrogen-bond acceptors (Lipinski definition) is 9. The zero-order chi connectivity index (χ0) is 42.8. The Bertz CT molecular complexity index is 2630. The maximum Gasteiger partial charge on any atom is 0.338 e. The molecule has 0 saturated carbocycles. The van der Waals surface area contributed by atoms with Gasteiger partial charge in [-0.1, -0.05) is 103 Å². The number of aliphatic hydroxyl groups is 1. The predicted octanol–water partition coefficient (Wildman–Crippen LogP) is 7.99. The molecule has 2 aliphatic heterocycles. The Morgan fingerprint density at radius 3 is 1.82 bits per heavy atom. The lowest BCUT2D eigenvalue weighted by molar-refractivity contribution is -0.239. The molecule has 2 aliphatic rings. The van der Waals surface area contributed by atoms with Crippen molar-refractivity contribution in [2.24, 2.45) is 0 Å². The Balaban J connectivity index is 1.10. The number of ether oxygens (including phenoxy) is 5. The van der Waals surface area contributed by atoms with Crippen LogP contribution in [0.3, 0.4) is 0 Å². The number of hydrogen-bond donors (Lipinski definition) is 1. The average molecular weight is 829 g/mol. The fourth-order valence-corrected chi connectivity index (χ4v) is 8.64. The smallest absolute Gasteiger partial charge is 0.338 e. The lowest BCUT2D eigenvalue weighted by atomic mass is 9.79. The molecule has 1 saturated heterocycles. The first-order chi connectivity index (χ1) is 30.3. The first-order valence-electron chi connectivity index (χ1n) is 20.4. The van der Waals surface area contributed by atoms with Crippen LogP contribution >= 0.6 is 0 Å². The summed E-state index contributed by atoms with van der Waals surface area (Å²) in [7, 11) is 3.21. The number of para-hydroxylation sites is 1. The summed E-state index contributed by atoms with van der Waals surface area (Å²) >= 11 is 0. The van der Waals surface area contributed by atoms with Crippen molar-refractivity contribution in [3.63, 3.8) is 0 Å². The van der Waals surface area contributed by atoms with E-state index in [0.29, 0.717) is 34.6 Å². The van der Waals surface area contributed by atoms with Crippen molar-refractivity contribution in [2.75, 3.05) is 27.4 Å². The van der Waals surface area contributed by atoms with Crippen LogP contribution in [0.25, 0.3) is 10.9 Å². The second kappa shape index (κ2) is 17.1. The van der Waals surface area contributed by atoms with E-state index in [2.05, 4.69) is 0 Å². The summed E-state index contributed by atoms with van der Waals surface area (Å²) in [6, 6.07) is 48.0. The van der Waals surface area contributed by atoms with Gasteiger partial charge in [-0.25, -0.2) is 4.79 Å². The minimum Gasteiger partial charge on any atom is -0.497 e. The van der Waals surface area contributed by atoms with Gasteiger partial charge in [0.05, 0.1) is 43.0 Å². The highest BCUT2D eigenvalue weighted by Crippen LogP contribution is 2.45. The summed E-state index contributed by atoms with van der Waals surface area (Å²) < 4.78 is 33.3. The molecule has 7 aromatic rings. The number of aliphatic hydroxyl groups excluding tert-OH is 1. The van der Waals surface area contributed by atoms with Gasteiger partial charge in [0.15, 0.2) is 12.3 Å². The molecule has 0 spiro atoms. The van der Waals surface area contributed by atoms with E-state index < -0.39 is 36.1 Å². The fraction of sp³-hybridized carbons (Fsp3) is 0.196. The summed E-state index contributed by atoms with van der Waals surface area (Å²) in [4.78, 5) is 41.8. The third-order valence-corrected chi connectivity index (χ3v) is 11.8. The molecule has 11 heteroatoms. The van der Waals surface area contributed by atoms with Gasteiger partial charge in [0.25, 0.3) is 11.8 Å². The quantitative estimate of drug-likeness (QED) is 0.0700. The van der Waals surface area contributed by atoms with Crippen LogP contribution in [0.4, 0.5) is 0 Å². The van der Waals surface area contributed by atoms with E-state index in [1.165, 1.54) is 4.90 Å². The monoisotopic (exact) mass is 828 g/mol. The van der Waals surface area contributed by atoms with Gasteiger partial charge >= 0.3 is 5.97 Å². The van der Waals surface area contributed by atoms with Crippen molar-refractivity contribution < 1.29 is 43.2 Å². The van der Waals surface area contributed by atoms with Crippen LogP contribution in [-0.2, 0) is 26.2 Å². The number of imide groups is 1. The van der Waals surface area contributed by atoms with Gasteiger partial charge < -0.3 is 33.4 Å². The molecule has 1 N–H and O–H groups in total. The van der Waals surface area contributed by atoms with Gasteiger partial charge in [-0.05, 0) is 83.3 Å². The standard InChI is InChI=1S/C51H44N2O9/c1-58-38-25-21-36(22-26-38)51(35-15-7-4-8-16-35,37-23-27-39(59-2)28-24-37)62-44-32-60-49(45(54)46(44)61-50(57)33-13-5-3-6-14-33)53-31-34(40-17-11-12-20-43(40)53)29-30-52-47(55)41-18-9-10-19-42(41)48(52)56/h3-28,31,44-46,49,54H,29-30,32H2,1-2H3/t44-,45-,46-,49?/m1/s1. The Kier molecular flexibility index (Phi) is 11.2. The van der Waals surface area contributed by atoms with E-state index >= 15 is 0 Å². The average Bonchev–Trinajstić information content (AvgIpc) is 3.81. The van der Waals surface area contributed by atoms with E-state index in [1.807, 2.05) is 120 Å². The molecular weight excluding hydrogens is 785 g/mol. The second-order valence-corrected chi connectivity index (χ2v) is 15.2. The molecule has 9 rings (SSSR count). The summed E-state index contributed by atoms with van der Waals surface area (Å²) in [6.07, 6.45) is -2.52. The van der Waals surface area contributed by atoms with Gasteiger partial charge in [-0.15, -0.1) is 0 Å². The van der Waals surface area contributed by atoms with Crippen LogP contribution in [0.5, 0.6) is 11.5 Å². The Morgan fingerprint density at radius 1 is 0.694 bits per heavy atom. The number of amides is 2. The maximum absolute atomic E-state index is 14.0. The van der Waals surface area contributed by atoms with Gasteiger partial charge in [0.2, 0.25) is 0 Å². The number of benzene rings is 6. The van der Waals surface area contributed by atoms with Gasteiger partial charge in [0, 0.05) is 18.1 Å². The van der Waals surface area contributed by atoms with E-state index in [0.717, 1.165) is 33.2 Å². The molecule has 1 unspecified atom stereocenters. The molecule has 11 nitrogen and oxygen atoms in total. The predicted molar refractivity (Wildman–Crippen MR) is 231 cm³/mol. The number of fused-ring (bicyclic) bond motifs is 2. The topological polar surface area (TPSA) is 126 Å². The van der Waals surface area contributed by atoms with Crippen LogP contribution in [0.2, 0.25) is 0 Å². The van der Waals surface area contributed by atoms with E-state index in [1.54, 1.807) is 62.8 Å². The van der Waals surface area contributed by atoms with Crippen LogP contribution in [0.1, 0.15) is 59.6 Å². The Morgan fingerprint density at radius 2 is 1.23 bits per heavy atom. The number of esters is 1. The second-order valence-electron chi connectivity index (χ2n) is 15.2. The number of rotatable bonds is 13. The number of carbonyl (C=O) groups excluding carboxylic acids is 3. The van der Waals surface area contributed by atoms with Crippen molar-refractivity contribution in [3.8, 4) is 11.5 Å². The molecule has 0 radical (unpaired) electrons. The molecule has 0 bridgehead atoms. The minimum atomic E-state index is -1.44. The van der Waals surface area contributed by atoms with Crippen molar-refractivity contribution in [1.82, 2.24) is 9.47 Å². The number of aromatic nitrogens is 1. The molecule has 3 heterocycles. The van der Waals surface area contributed by atoms with Crippen LogP contribution in [0, 0.1) is 0 Å². The molecule has 6 aromatic carbocycles. The number of nitrogens with zero attached hydrogens (tertiary/aromatic N) is 2. The first kappa shape index (κ1) is 40.4. The van der Waals surface area contributed by atoms with Crippen LogP contribution < -0.4 is 9.47 Å². The van der Waals surface area contributed by atoms with Crippen LogP contribution in [-0.4, -0.2) is 78.0 Å². The van der Waals surface area contributed by atoms with E-state index in [4.69, 9.17) is 23.7 Å². The molecule has 0 aliphatic carbocycles. The zero-order valence-corrected chi connectivity index (χ0v) is 34.1. The lowest BCUT2D eigenvalue weighted by Gasteiger charge is -2.45. The van der Waals surface area contributed by atoms with Gasteiger partial charge in [-0.3, -0.25) is 14.5 Å². The summed E-state index contributed by atoms with van der Waals surface area (Å²) in [5, 5.41) is 13.5. The summed E-state index contributed by atoms with van der Waals surface area (Å²) in [6.45, 7) is 0.0617. The van der Waals surface area contributed by atoms with Crippen molar-refractivity contribution >= 4 is 28.7 Å². The number of carbonyl (C=O) groups is 3. The van der Waals surface area contributed by atoms with Crippen molar-refractivity contribution in [2.45, 2.75) is 36.6 Å². The molecule has 1 fully saturated rings. The molecule has 4 atom stereocenters. The van der Waals surface area contributed by atoms with Gasteiger partial charge in [0.1, 0.15) is 29.3 Å². The van der Waals surface area contributed by atoms with Gasteiger partial charge in [-0.2, -0.15) is 0 Å². The van der Waals surface area contributed by atoms with E-state index in [9.17, 15) is 19.5 Å². The minimum absolute atomic E-state index is 0.0910. The fourth-order valence-electron chi connectivity index (χ4n) is 8.64.